The minimum atomic E-state index is -0.424. The van der Waals surface area contributed by atoms with Gasteiger partial charge in [-0.2, -0.15) is 0 Å². The smallest absolute Gasteiger partial charge is 0.329 e. The lowest BCUT2D eigenvalue weighted by Crippen LogP contribution is -2.30. The fraction of sp³-hybridized carbons (Fsp3) is 0.161. The number of imide groups is 1. The van der Waals surface area contributed by atoms with Crippen molar-refractivity contribution in [2.24, 2.45) is 0 Å². The van der Waals surface area contributed by atoms with Crippen molar-refractivity contribution in [1.82, 2.24) is 14.8 Å². The molecule has 1 N–H and O–H groups in total. The average Bonchev–Trinajstić information content (AvgIpc) is 3.33. The zero-order valence-electron chi connectivity index (χ0n) is 21.8. The lowest BCUT2D eigenvalue weighted by molar-refractivity contribution is -0.123. The van der Waals surface area contributed by atoms with E-state index < -0.39 is 6.03 Å². The zero-order valence-corrected chi connectivity index (χ0v) is 24.1. The first-order valence-corrected chi connectivity index (χ1v) is 13.6. The molecule has 39 heavy (non-hydrogen) atoms. The van der Waals surface area contributed by atoms with Crippen molar-refractivity contribution < 1.29 is 14.3 Å². The van der Waals surface area contributed by atoms with Crippen molar-refractivity contribution in [3.8, 4) is 11.4 Å². The molecule has 0 aliphatic carbocycles. The van der Waals surface area contributed by atoms with E-state index in [0.717, 1.165) is 49.6 Å². The van der Waals surface area contributed by atoms with Crippen LogP contribution in [0.4, 0.5) is 4.79 Å². The van der Waals surface area contributed by atoms with Crippen LogP contribution in [-0.2, 0) is 17.9 Å². The molecular formula is C31H27BrClN3O3. The topological polar surface area (TPSA) is 63.6 Å². The molecular weight excluding hydrogens is 578 g/mol. The average molecular weight is 605 g/mol. The lowest BCUT2D eigenvalue weighted by Gasteiger charge is -2.12. The molecule has 8 heteroatoms. The first kappa shape index (κ1) is 26.8. The van der Waals surface area contributed by atoms with Crippen LogP contribution < -0.4 is 10.1 Å². The normalized spacial score (nSPS) is 14.3. The number of hydrogen-bond donors (Lipinski definition) is 1. The highest BCUT2D eigenvalue weighted by Gasteiger charge is 2.33. The summed E-state index contributed by atoms with van der Waals surface area (Å²) in [6, 6.07) is 22.8. The van der Waals surface area contributed by atoms with Gasteiger partial charge in [0.1, 0.15) is 18.1 Å². The second kappa shape index (κ2) is 11.1. The number of carbonyl (C=O) groups excluding carboxylic acids is 2. The second-order valence-electron chi connectivity index (χ2n) is 9.52. The molecule has 3 aromatic carbocycles. The summed E-state index contributed by atoms with van der Waals surface area (Å²) < 4.78 is 9.04. The minimum Gasteiger partial charge on any atom is -0.489 e. The standard InChI is InChI=1S/C31H27BrClN3O3/c1-19-14-26(33)9-6-23(19)18-39-28-12-10-27(11-13-28)36-20(2)15-24(21(36)3)16-29-30(37)35(31(38)34-29)17-22-4-7-25(32)8-5-22/h4-16H,17-18H2,1-3H3,(H,34,38)/b29-16+. The van der Waals surface area contributed by atoms with Crippen LogP contribution in [0.1, 0.15) is 33.6 Å². The van der Waals surface area contributed by atoms with Crippen molar-refractivity contribution in [2.45, 2.75) is 33.9 Å². The predicted molar refractivity (Wildman–Crippen MR) is 157 cm³/mol. The Morgan fingerprint density at radius 2 is 1.67 bits per heavy atom. The fourth-order valence-electron chi connectivity index (χ4n) is 4.65. The van der Waals surface area contributed by atoms with Crippen molar-refractivity contribution in [1.29, 1.82) is 0 Å². The van der Waals surface area contributed by atoms with Crippen LogP contribution in [0, 0.1) is 20.8 Å². The molecule has 1 aliphatic rings. The van der Waals surface area contributed by atoms with Crippen molar-refractivity contribution in [3.63, 3.8) is 0 Å². The lowest BCUT2D eigenvalue weighted by atomic mass is 10.1. The number of nitrogens with zero attached hydrogens (tertiary/aromatic N) is 2. The van der Waals surface area contributed by atoms with Crippen LogP contribution in [0.5, 0.6) is 5.75 Å². The molecule has 0 atom stereocenters. The van der Waals surface area contributed by atoms with E-state index in [2.05, 4.69) is 25.8 Å². The number of rotatable bonds is 7. The highest BCUT2D eigenvalue weighted by Crippen LogP contribution is 2.26. The van der Waals surface area contributed by atoms with Gasteiger partial charge in [-0.05, 0) is 104 Å². The molecule has 0 radical (unpaired) electrons. The first-order chi connectivity index (χ1) is 18.7. The largest absolute Gasteiger partial charge is 0.489 e. The van der Waals surface area contributed by atoms with E-state index in [9.17, 15) is 9.59 Å². The van der Waals surface area contributed by atoms with Gasteiger partial charge >= 0.3 is 6.03 Å². The molecule has 3 amide bonds. The number of halogens is 2. The monoisotopic (exact) mass is 603 g/mol. The summed E-state index contributed by atoms with van der Waals surface area (Å²) in [5.41, 5.74) is 7.11. The van der Waals surface area contributed by atoms with E-state index in [-0.39, 0.29) is 18.1 Å². The van der Waals surface area contributed by atoms with E-state index >= 15 is 0 Å². The molecule has 0 saturated carbocycles. The number of amides is 3. The van der Waals surface area contributed by atoms with Gasteiger partial charge in [0.05, 0.1) is 6.54 Å². The maximum atomic E-state index is 13.0. The fourth-order valence-corrected chi connectivity index (χ4v) is 5.14. The van der Waals surface area contributed by atoms with Gasteiger partial charge < -0.3 is 14.6 Å². The van der Waals surface area contributed by atoms with Crippen molar-refractivity contribution >= 4 is 45.5 Å². The van der Waals surface area contributed by atoms with E-state index in [0.29, 0.717) is 11.6 Å². The molecule has 5 rings (SSSR count). The summed E-state index contributed by atoms with van der Waals surface area (Å²) in [4.78, 5) is 26.8. The summed E-state index contributed by atoms with van der Waals surface area (Å²) in [5.74, 6) is 0.424. The number of carbonyl (C=O) groups is 2. The Hall–Kier alpha value is -3.81. The van der Waals surface area contributed by atoms with Gasteiger partial charge in [0.2, 0.25) is 0 Å². The quantitative estimate of drug-likeness (QED) is 0.176. The number of ether oxygens (including phenoxy) is 1. The molecule has 0 unspecified atom stereocenters. The number of nitrogens with one attached hydrogen (secondary N) is 1. The molecule has 1 fully saturated rings. The molecule has 2 heterocycles. The number of aryl methyl sites for hydroxylation is 2. The molecule has 0 spiro atoms. The van der Waals surface area contributed by atoms with Gasteiger partial charge in [-0.1, -0.05) is 45.7 Å². The number of benzene rings is 3. The zero-order chi connectivity index (χ0) is 27.7. The predicted octanol–water partition coefficient (Wildman–Crippen LogP) is 7.49. The Kier molecular flexibility index (Phi) is 7.64. The Morgan fingerprint density at radius 1 is 0.949 bits per heavy atom. The van der Waals surface area contributed by atoms with E-state index in [1.165, 1.54) is 4.90 Å². The van der Waals surface area contributed by atoms with Crippen molar-refractivity contribution in [2.75, 3.05) is 0 Å². The van der Waals surface area contributed by atoms with Gasteiger partial charge in [0.15, 0.2) is 0 Å². The van der Waals surface area contributed by atoms with Gasteiger partial charge in [-0.3, -0.25) is 9.69 Å². The van der Waals surface area contributed by atoms with Crippen LogP contribution in [-0.4, -0.2) is 21.4 Å². The third-order valence-corrected chi connectivity index (χ3v) is 7.54. The van der Waals surface area contributed by atoms with Gasteiger partial charge in [0.25, 0.3) is 5.91 Å². The summed E-state index contributed by atoms with van der Waals surface area (Å²) in [6.45, 7) is 6.69. The van der Waals surface area contributed by atoms with Crippen LogP contribution >= 0.6 is 27.5 Å². The minimum absolute atomic E-state index is 0.209. The second-order valence-corrected chi connectivity index (χ2v) is 10.9. The summed E-state index contributed by atoms with van der Waals surface area (Å²) >= 11 is 9.46. The summed E-state index contributed by atoms with van der Waals surface area (Å²) in [5, 5.41) is 3.44. The Morgan fingerprint density at radius 3 is 2.36 bits per heavy atom. The third-order valence-electron chi connectivity index (χ3n) is 6.78. The van der Waals surface area contributed by atoms with Crippen LogP contribution in [0.25, 0.3) is 11.8 Å². The van der Waals surface area contributed by atoms with E-state index in [1.54, 1.807) is 6.08 Å². The molecule has 0 bridgehead atoms. The van der Waals surface area contributed by atoms with E-state index in [1.807, 2.05) is 93.6 Å². The molecule has 1 saturated heterocycles. The van der Waals surface area contributed by atoms with E-state index in [4.69, 9.17) is 16.3 Å². The first-order valence-electron chi connectivity index (χ1n) is 12.5. The number of aromatic nitrogens is 1. The Labute approximate surface area is 241 Å². The Balaban J connectivity index is 1.31. The van der Waals surface area contributed by atoms with Gasteiger partial charge in [-0.15, -0.1) is 0 Å². The summed E-state index contributed by atoms with van der Waals surface area (Å²) in [6.07, 6.45) is 1.74. The molecule has 1 aromatic heterocycles. The third kappa shape index (κ3) is 5.79. The molecule has 4 aromatic rings. The van der Waals surface area contributed by atoms with Gasteiger partial charge in [0, 0.05) is 26.6 Å². The summed E-state index contributed by atoms with van der Waals surface area (Å²) in [7, 11) is 0. The highest BCUT2D eigenvalue weighted by atomic mass is 79.9. The van der Waals surface area contributed by atoms with Crippen LogP contribution in [0.2, 0.25) is 5.02 Å². The molecule has 1 aliphatic heterocycles. The molecule has 198 valence electrons. The highest BCUT2D eigenvalue weighted by molar-refractivity contribution is 9.10. The van der Waals surface area contributed by atoms with Gasteiger partial charge in [-0.25, -0.2) is 4.79 Å². The van der Waals surface area contributed by atoms with Crippen LogP contribution in [0.3, 0.4) is 0 Å². The maximum absolute atomic E-state index is 13.0. The van der Waals surface area contributed by atoms with Crippen molar-refractivity contribution in [3.05, 3.63) is 122 Å². The van der Waals surface area contributed by atoms with Crippen LogP contribution in [0.15, 0.2) is 83.0 Å². The number of hydrogen-bond acceptors (Lipinski definition) is 3. The Bertz CT molecular complexity index is 1590. The SMILES string of the molecule is Cc1cc(Cl)ccc1COc1ccc(-n2c(C)cc(/C=C3/NC(=O)N(Cc4ccc(Br)cc4)C3=O)c2C)cc1. The molecule has 6 nitrogen and oxygen atoms in total. The number of urea groups is 1. The maximum Gasteiger partial charge on any atom is 0.329 e.